The number of hydrogen-bond donors (Lipinski definition) is 0. The van der Waals surface area contributed by atoms with E-state index in [9.17, 15) is 0 Å². The number of halogens is 2. The fourth-order valence-corrected chi connectivity index (χ4v) is 2.10. The van der Waals surface area contributed by atoms with Gasteiger partial charge < -0.3 is 14.2 Å². The molecule has 0 aromatic heterocycles. The molecule has 0 saturated heterocycles. The largest absolute Gasteiger partial charge is 0.493 e. The molecule has 0 spiro atoms. The van der Waals surface area contributed by atoms with Crippen LogP contribution in [0, 0.1) is 0 Å². The highest BCUT2D eigenvalue weighted by molar-refractivity contribution is 9.08. The molecule has 0 fully saturated rings. The molecule has 1 aromatic carbocycles. The maximum Gasteiger partial charge on any atom is 0.179 e. The van der Waals surface area contributed by atoms with Crippen molar-refractivity contribution in [1.29, 1.82) is 0 Å². The van der Waals surface area contributed by atoms with Crippen LogP contribution in [0.1, 0.15) is 25.8 Å². The molecule has 0 saturated carbocycles. The standard InChI is InChI=1S/C14H20BrClO3/c1-14(2,18-4)5-6-19-13-11(16)7-10(9-15)8-12(13)17-3/h7-8H,5-6,9H2,1-4H3. The van der Waals surface area contributed by atoms with E-state index < -0.39 is 0 Å². The van der Waals surface area contributed by atoms with Crippen LogP contribution in [0.2, 0.25) is 5.02 Å². The van der Waals surface area contributed by atoms with Crippen LogP contribution in [0.25, 0.3) is 0 Å². The van der Waals surface area contributed by atoms with Gasteiger partial charge in [0, 0.05) is 18.9 Å². The summed E-state index contributed by atoms with van der Waals surface area (Å²) in [5, 5.41) is 1.28. The smallest absolute Gasteiger partial charge is 0.179 e. The summed E-state index contributed by atoms with van der Waals surface area (Å²) in [6.07, 6.45) is 0.767. The van der Waals surface area contributed by atoms with Crippen molar-refractivity contribution < 1.29 is 14.2 Å². The summed E-state index contributed by atoms with van der Waals surface area (Å²) >= 11 is 9.61. The van der Waals surface area contributed by atoms with Crippen molar-refractivity contribution in [2.45, 2.75) is 31.2 Å². The molecule has 3 nitrogen and oxygen atoms in total. The van der Waals surface area contributed by atoms with Crippen LogP contribution < -0.4 is 9.47 Å². The van der Waals surface area contributed by atoms with Gasteiger partial charge in [0.2, 0.25) is 0 Å². The predicted molar refractivity (Wildman–Crippen MR) is 81.8 cm³/mol. The number of benzene rings is 1. The van der Waals surface area contributed by atoms with Crippen molar-refractivity contribution >= 4 is 27.5 Å². The highest BCUT2D eigenvalue weighted by Crippen LogP contribution is 2.37. The Morgan fingerprint density at radius 2 is 1.95 bits per heavy atom. The molecule has 0 unspecified atom stereocenters. The molecule has 108 valence electrons. The minimum absolute atomic E-state index is 0.213. The van der Waals surface area contributed by atoms with E-state index in [0.29, 0.717) is 23.1 Å². The first-order chi connectivity index (χ1) is 8.93. The van der Waals surface area contributed by atoms with Crippen LogP contribution in [0.3, 0.4) is 0 Å². The van der Waals surface area contributed by atoms with Gasteiger partial charge in [-0.3, -0.25) is 0 Å². The predicted octanol–water partition coefficient (Wildman–Crippen LogP) is 4.44. The Morgan fingerprint density at radius 3 is 2.47 bits per heavy atom. The number of alkyl halides is 1. The van der Waals surface area contributed by atoms with Crippen molar-refractivity contribution in [2.75, 3.05) is 20.8 Å². The zero-order chi connectivity index (χ0) is 14.5. The summed E-state index contributed by atoms with van der Waals surface area (Å²) in [6, 6.07) is 3.78. The van der Waals surface area contributed by atoms with E-state index in [1.807, 2.05) is 26.0 Å². The van der Waals surface area contributed by atoms with Gasteiger partial charge in [-0.1, -0.05) is 27.5 Å². The number of rotatable bonds is 7. The van der Waals surface area contributed by atoms with E-state index >= 15 is 0 Å². The van der Waals surface area contributed by atoms with Crippen LogP contribution in [-0.2, 0) is 10.1 Å². The monoisotopic (exact) mass is 350 g/mol. The second-order valence-electron chi connectivity index (χ2n) is 4.80. The molecule has 0 aliphatic rings. The van der Waals surface area contributed by atoms with Gasteiger partial charge >= 0.3 is 0 Å². The molecule has 0 aliphatic heterocycles. The minimum Gasteiger partial charge on any atom is -0.493 e. The second kappa shape index (κ2) is 7.36. The average molecular weight is 352 g/mol. The third-order valence-electron chi connectivity index (χ3n) is 2.95. The fourth-order valence-electron chi connectivity index (χ4n) is 1.49. The molecule has 0 aliphatic carbocycles. The normalized spacial score (nSPS) is 11.5. The SMILES string of the molecule is COc1cc(CBr)cc(Cl)c1OCCC(C)(C)OC. The quantitative estimate of drug-likeness (QED) is 0.680. The highest BCUT2D eigenvalue weighted by atomic mass is 79.9. The lowest BCUT2D eigenvalue weighted by Crippen LogP contribution is -2.25. The summed E-state index contributed by atoms with van der Waals surface area (Å²) < 4.78 is 16.4. The van der Waals surface area contributed by atoms with Crippen molar-refractivity contribution in [1.82, 2.24) is 0 Å². The van der Waals surface area contributed by atoms with Crippen molar-refractivity contribution in [2.24, 2.45) is 0 Å². The average Bonchev–Trinajstić information content (AvgIpc) is 2.39. The number of ether oxygens (including phenoxy) is 3. The molecular weight excluding hydrogens is 332 g/mol. The van der Waals surface area contributed by atoms with E-state index in [2.05, 4.69) is 15.9 Å². The Kier molecular flexibility index (Phi) is 6.43. The Labute approximate surface area is 128 Å². The lowest BCUT2D eigenvalue weighted by Gasteiger charge is -2.23. The lowest BCUT2D eigenvalue weighted by molar-refractivity contribution is 0.00526. The Balaban J connectivity index is 2.78. The molecule has 0 atom stereocenters. The maximum absolute atomic E-state index is 6.22. The van der Waals surface area contributed by atoms with Gasteiger partial charge in [0.15, 0.2) is 11.5 Å². The van der Waals surface area contributed by atoms with E-state index in [-0.39, 0.29) is 5.60 Å². The van der Waals surface area contributed by atoms with E-state index in [4.69, 9.17) is 25.8 Å². The molecule has 1 aromatic rings. The summed E-state index contributed by atoms with van der Waals surface area (Å²) in [4.78, 5) is 0. The summed E-state index contributed by atoms with van der Waals surface area (Å²) in [5.74, 6) is 1.23. The summed E-state index contributed by atoms with van der Waals surface area (Å²) in [5.41, 5.74) is 0.835. The van der Waals surface area contributed by atoms with Crippen LogP contribution >= 0.6 is 27.5 Å². The molecule has 0 amide bonds. The summed E-state index contributed by atoms with van der Waals surface area (Å²) in [7, 11) is 3.30. The van der Waals surface area contributed by atoms with E-state index in [0.717, 1.165) is 17.3 Å². The first kappa shape index (κ1) is 16.6. The van der Waals surface area contributed by atoms with Crippen molar-refractivity contribution in [3.8, 4) is 11.5 Å². The molecule has 5 heteroatoms. The van der Waals surface area contributed by atoms with Gasteiger partial charge in [0.1, 0.15) is 0 Å². The Morgan fingerprint density at radius 1 is 1.26 bits per heavy atom. The zero-order valence-electron chi connectivity index (χ0n) is 11.8. The third-order valence-corrected chi connectivity index (χ3v) is 3.87. The summed E-state index contributed by atoms with van der Waals surface area (Å²) in [6.45, 7) is 4.55. The first-order valence-corrected chi connectivity index (χ1v) is 7.54. The number of methoxy groups -OCH3 is 2. The maximum atomic E-state index is 6.22. The van der Waals surface area contributed by atoms with Gasteiger partial charge in [-0.05, 0) is 31.5 Å². The van der Waals surface area contributed by atoms with E-state index in [1.54, 1.807) is 14.2 Å². The second-order valence-corrected chi connectivity index (χ2v) is 5.77. The molecule has 0 heterocycles. The first-order valence-electron chi connectivity index (χ1n) is 6.04. The van der Waals surface area contributed by atoms with Gasteiger partial charge in [-0.15, -0.1) is 0 Å². The van der Waals surface area contributed by atoms with Crippen molar-refractivity contribution in [3.63, 3.8) is 0 Å². The zero-order valence-corrected chi connectivity index (χ0v) is 14.1. The van der Waals surface area contributed by atoms with E-state index in [1.165, 1.54) is 0 Å². The Bertz CT molecular complexity index is 421. The highest BCUT2D eigenvalue weighted by Gasteiger charge is 2.18. The van der Waals surface area contributed by atoms with Crippen LogP contribution in [-0.4, -0.2) is 26.4 Å². The fraction of sp³-hybridized carbons (Fsp3) is 0.571. The molecule has 0 radical (unpaired) electrons. The molecular formula is C14H20BrClO3. The molecule has 0 N–H and O–H groups in total. The van der Waals surface area contributed by atoms with Crippen LogP contribution in [0.4, 0.5) is 0 Å². The molecule has 19 heavy (non-hydrogen) atoms. The van der Waals surface area contributed by atoms with Gasteiger partial charge in [-0.2, -0.15) is 0 Å². The number of hydrogen-bond acceptors (Lipinski definition) is 3. The third kappa shape index (κ3) is 4.86. The van der Waals surface area contributed by atoms with Crippen LogP contribution in [0.5, 0.6) is 11.5 Å². The Hall–Kier alpha value is -0.450. The van der Waals surface area contributed by atoms with Crippen LogP contribution in [0.15, 0.2) is 12.1 Å². The minimum atomic E-state index is -0.213. The lowest BCUT2D eigenvalue weighted by atomic mass is 10.1. The topological polar surface area (TPSA) is 27.7 Å². The van der Waals surface area contributed by atoms with Crippen molar-refractivity contribution in [3.05, 3.63) is 22.7 Å². The van der Waals surface area contributed by atoms with Gasteiger partial charge in [0.25, 0.3) is 0 Å². The van der Waals surface area contributed by atoms with Gasteiger partial charge in [-0.25, -0.2) is 0 Å². The molecule has 1 rings (SSSR count). The molecule has 0 bridgehead atoms. The van der Waals surface area contributed by atoms with Gasteiger partial charge in [0.05, 0.1) is 24.3 Å².